The molecular weight excluding hydrogens is 268 g/mol. The molecule has 110 valence electrons. The van der Waals surface area contributed by atoms with Crippen molar-refractivity contribution in [3.05, 3.63) is 40.6 Å². The van der Waals surface area contributed by atoms with Crippen LogP contribution in [0.4, 0.5) is 11.4 Å². The Bertz CT molecular complexity index is 655. The summed E-state index contributed by atoms with van der Waals surface area (Å²) in [6.07, 6.45) is 5.27. The number of nitro groups is 1. The van der Waals surface area contributed by atoms with Gasteiger partial charge in [0.2, 0.25) is 0 Å². The molecule has 0 unspecified atom stereocenters. The Balaban J connectivity index is 1.69. The summed E-state index contributed by atoms with van der Waals surface area (Å²) in [6, 6.07) is 7.46. The number of aromatic nitrogens is 1. The van der Waals surface area contributed by atoms with Crippen molar-refractivity contribution < 1.29 is 4.92 Å². The Morgan fingerprint density at radius 2 is 2.14 bits per heavy atom. The summed E-state index contributed by atoms with van der Waals surface area (Å²) in [5.74, 6) is 0. The first-order chi connectivity index (χ1) is 10.3. The molecule has 3 rings (SSSR count). The molecule has 0 aliphatic heterocycles. The highest BCUT2D eigenvalue weighted by Crippen LogP contribution is 2.29. The fraction of sp³-hybridized carbons (Fsp3) is 0.400. The molecule has 1 saturated carbocycles. The van der Waals surface area contributed by atoms with Crippen LogP contribution in [-0.2, 0) is 0 Å². The lowest BCUT2D eigenvalue weighted by Gasteiger charge is -2.09. The average molecular weight is 286 g/mol. The van der Waals surface area contributed by atoms with E-state index in [0.717, 1.165) is 31.2 Å². The highest BCUT2D eigenvalue weighted by Gasteiger charge is 2.19. The zero-order valence-corrected chi connectivity index (χ0v) is 11.7. The monoisotopic (exact) mass is 286 g/mol. The minimum Gasteiger partial charge on any atom is -0.383 e. The van der Waals surface area contributed by atoms with Crippen LogP contribution in [-0.4, -0.2) is 29.0 Å². The predicted molar refractivity (Wildman–Crippen MR) is 82.5 cm³/mol. The maximum atomic E-state index is 11.0. The fourth-order valence-electron chi connectivity index (χ4n) is 2.36. The van der Waals surface area contributed by atoms with Gasteiger partial charge in [0.25, 0.3) is 5.69 Å². The fourth-order valence-corrected chi connectivity index (χ4v) is 2.36. The summed E-state index contributed by atoms with van der Waals surface area (Å²) < 4.78 is 0. The van der Waals surface area contributed by atoms with Gasteiger partial charge in [-0.2, -0.15) is 0 Å². The topological polar surface area (TPSA) is 80.1 Å². The molecule has 6 nitrogen and oxygen atoms in total. The number of pyridine rings is 1. The normalized spacial score (nSPS) is 14.3. The molecule has 6 heteroatoms. The van der Waals surface area contributed by atoms with Gasteiger partial charge in [-0.3, -0.25) is 15.1 Å². The van der Waals surface area contributed by atoms with E-state index in [1.165, 1.54) is 18.9 Å². The van der Waals surface area contributed by atoms with Crippen LogP contribution in [0.5, 0.6) is 0 Å². The summed E-state index contributed by atoms with van der Waals surface area (Å²) in [4.78, 5) is 15.0. The third kappa shape index (κ3) is 3.28. The van der Waals surface area contributed by atoms with Gasteiger partial charge in [-0.25, -0.2) is 0 Å². The summed E-state index contributed by atoms with van der Waals surface area (Å²) in [7, 11) is 0. The highest BCUT2D eigenvalue weighted by molar-refractivity contribution is 5.96. The van der Waals surface area contributed by atoms with Crippen molar-refractivity contribution in [3.8, 4) is 0 Å². The standard InChI is InChI=1S/C15H18N4O2/c20-19(21)14-7-6-13(15-12(14)3-1-8-18-15)17-10-2-9-16-11-4-5-11/h1,3,6-8,11,16-17H,2,4-5,9-10H2. The van der Waals surface area contributed by atoms with E-state index >= 15 is 0 Å². The third-order valence-corrected chi connectivity index (χ3v) is 3.62. The van der Waals surface area contributed by atoms with E-state index in [4.69, 9.17) is 0 Å². The average Bonchev–Trinajstić information content (AvgIpc) is 3.30. The highest BCUT2D eigenvalue weighted by atomic mass is 16.6. The molecule has 1 aromatic carbocycles. The number of fused-ring (bicyclic) bond motifs is 1. The molecule has 1 heterocycles. The van der Waals surface area contributed by atoms with Gasteiger partial charge in [-0.1, -0.05) is 0 Å². The third-order valence-electron chi connectivity index (χ3n) is 3.62. The molecule has 1 fully saturated rings. The zero-order chi connectivity index (χ0) is 14.7. The largest absolute Gasteiger partial charge is 0.383 e. The molecule has 1 aliphatic rings. The number of hydrogen-bond donors (Lipinski definition) is 2. The first kappa shape index (κ1) is 13.8. The molecule has 1 aromatic heterocycles. The summed E-state index contributed by atoms with van der Waals surface area (Å²) >= 11 is 0. The van der Waals surface area contributed by atoms with E-state index in [-0.39, 0.29) is 10.6 Å². The molecule has 0 saturated heterocycles. The van der Waals surface area contributed by atoms with E-state index in [9.17, 15) is 10.1 Å². The molecule has 0 amide bonds. The molecule has 0 radical (unpaired) electrons. The number of rotatable bonds is 7. The lowest BCUT2D eigenvalue weighted by molar-refractivity contribution is -0.383. The SMILES string of the molecule is O=[N+]([O-])c1ccc(NCCCNC2CC2)c2ncccc12. The Morgan fingerprint density at radius 3 is 2.90 bits per heavy atom. The smallest absolute Gasteiger partial charge is 0.278 e. The summed E-state index contributed by atoms with van der Waals surface area (Å²) in [5, 5.41) is 18.4. The molecule has 0 spiro atoms. The number of nitro benzene ring substituents is 1. The van der Waals surface area contributed by atoms with Crippen molar-refractivity contribution in [1.29, 1.82) is 0 Å². The maximum absolute atomic E-state index is 11.0. The zero-order valence-electron chi connectivity index (χ0n) is 11.7. The van der Waals surface area contributed by atoms with Gasteiger partial charge in [0.15, 0.2) is 0 Å². The number of anilines is 1. The Morgan fingerprint density at radius 1 is 1.29 bits per heavy atom. The van der Waals surface area contributed by atoms with Crippen molar-refractivity contribution in [1.82, 2.24) is 10.3 Å². The quantitative estimate of drug-likeness (QED) is 0.465. The van der Waals surface area contributed by atoms with Crippen LogP contribution >= 0.6 is 0 Å². The molecule has 2 aromatic rings. The van der Waals surface area contributed by atoms with E-state index < -0.39 is 0 Å². The van der Waals surface area contributed by atoms with Gasteiger partial charge in [0.05, 0.1) is 16.0 Å². The second-order valence-corrected chi connectivity index (χ2v) is 5.30. The Hall–Kier alpha value is -2.21. The molecule has 1 aliphatic carbocycles. The van der Waals surface area contributed by atoms with Crippen molar-refractivity contribution in [2.24, 2.45) is 0 Å². The molecule has 0 atom stereocenters. The van der Waals surface area contributed by atoms with E-state index in [1.54, 1.807) is 24.4 Å². The number of hydrogen-bond acceptors (Lipinski definition) is 5. The minimum absolute atomic E-state index is 0.0963. The summed E-state index contributed by atoms with van der Waals surface area (Å²) in [6.45, 7) is 1.82. The molecule has 0 bridgehead atoms. The van der Waals surface area contributed by atoms with Crippen LogP contribution < -0.4 is 10.6 Å². The Kier molecular flexibility index (Phi) is 3.96. The first-order valence-electron chi connectivity index (χ1n) is 7.25. The minimum atomic E-state index is -0.368. The Labute approximate surface area is 122 Å². The molecular formula is C15H18N4O2. The van der Waals surface area contributed by atoms with Gasteiger partial charge in [0, 0.05) is 24.8 Å². The van der Waals surface area contributed by atoms with Crippen molar-refractivity contribution in [2.45, 2.75) is 25.3 Å². The van der Waals surface area contributed by atoms with Crippen molar-refractivity contribution in [2.75, 3.05) is 18.4 Å². The van der Waals surface area contributed by atoms with Crippen LogP contribution in [0.25, 0.3) is 10.9 Å². The lowest BCUT2D eigenvalue weighted by Crippen LogP contribution is -2.20. The van der Waals surface area contributed by atoms with Gasteiger partial charge in [-0.05, 0) is 44.0 Å². The lowest BCUT2D eigenvalue weighted by atomic mass is 10.1. The van der Waals surface area contributed by atoms with Gasteiger partial charge >= 0.3 is 0 Å². The van der Waals surface area contributed by atoms with Gasteiger partial charge in [0.1, 0.15) is 5.52 Å². The van der Waals surface area contributed by atoms with Crippen molar-refractivity contribution in [3.63, 3.8) is 0 Å². The number of benzene rings is 1. The van der Waals surface area contributed by atoms with Crippen LogP contribution in [0, 0.1) is 10.1 Å². The number of non-ortho nitro benzene ring substituents is 1. The summed E-state index contributed by atoms with van der Waals surface area (Å²) in [5.41, 5.74) is 1.60. The second-order valence-electron chi connectivity index (χ2n) is 5.30. The van der Waals surface area contributed by atoms with Crippen LogP contribution in [0.2, 0.25) is 0 Å². The van der Waals surface area contributed by atoms with Crippen LogP contribution in [0.15, 0.2) is 30.5 Å². The first-order valence-corrected chi connectivity index (χ1v) is 7.25. The van der Waals surface area contributed by atoms with Gasteiger partial charge < -0.3 is 10.6 Å². The van der Waals surface area contributed by atoms with Crippen LogP contribution in [0.1, 0.15) is 19.3 Å². The maximum Gasteiger partial charge on any atom is 0.278 e. The number of nitrogens with one attached hydrogen (secondary N) is 2. The number of nitrogens with zero attached hydrogens (tertiary/aromatic N) is 2. The van der Waals surface area contributed by atoms with E-state index in [0.29, 0.717) is 10.9 Å². The van der Waals surface area contributed by atoms with Crippen molar-refractivity contribution >= 4 is 22.3 Å². The molecule has 2 N–H and O–H groups in total. The van der Waals surface area contributed by atoms with Gasteiger partial charge in [-0.15, -0.1) is 0 Å². The van der Waals surface area contributed by atoms with Crippen LogP contribution in [0.3, 0.4) is 0 Å². The van der Waals surface area contributed by atoms with E-state index in [2.05, 4.69) is 15.6 Å². The van der Waals surface area contributed by atoms with E-state index in [1.807, 2.05) is 0 Å². The predicted octanol–water partition coefficient (Wildman–Crippen LogP) is 2.70. The molecule has 21 heavy (non-hydrogen) atoms. The second kappa shape index (κ2) is 6.05.